The summed E-state index contributed by atoms with van der Waals surface area (Å²) in [7, 11) is 3.26. The molecule has 1 rings (SSSR count). The maximum atomic E-state index is 11.2. The number of methoxy groups -OCH3 is 1. The molecule has 0 aromatic carbocycles. The minimum absolute atomic E-state index is 0.291. The van der Waals surface area contributed by atoms with Crippen LogP contribution in [0.4, 0.5) is 0 Å². The minimum Gasteiger partial charge on any atom is -0.464 e. The highest BCUT2D eigenvalue weighted by molar-refractivity contribution is 5.87. The summed E-state index contributed by atoms with van der Waals surface area (Å²) in [5, 5.41) is 3.02. The van der Waals surface area contributed by atoms with E-state index in [1.54, 1.807) is 6.07 Å². The predicted molar refractivity (Wildman–Crippen MR) is 49.7 cm³/mol. The van der Waals surface area contributed by atoms with Crippen LogP contribution in [-0.2, 0) is 11.3 Å². The third-order valence-corrected chi connectivity index (χ3v) is 1.83. The zero-order valence-corrected chi connectivity index (χ0v) is 7.91. The molecule has 0 radical (unpaired) electrons. The first-order chi connectivity index (χ1) is 6.29. The first-order valence-electron chi connectivity index (χ1n) is 4.17. The molecule has 0 aliphatic heterocycles. The average Bonchev–Trinajstić information content (AvgIpc) is 2.61. The zero-order chi connectivity index (χ0) is 9.68. The number of carbonyl (C=O) groups excluding carboxylic acids is 1. The van der Waals surface area contributed by atoms with Crippen LogP contribution in [0.3, 0.4) is 0 Å². The highest BCUT2D eigenvalue weighted by Crippen LogP contribution is 2.03. The van der Waals surface area contributed by atoms with Gasteiger partial charge in [-0.2, -0.15) is 0 Å². The lowest BCUT2D eigenvalue weighted by Crippen LogP contribution is -2.18. The molecule has 0 aliphatic carbocycles. The fourth-order valence-corrected chi connectivity index (χ4v) is 1.13. The van der Waals surface area contributed by atoms with E-state index < -0.39 is 0 Å². The van der Waals surface area contributed by atoms with Crippen molar-refractivity contribution in [3.63, 3.8) is 0 Å². The van der Waals surface area contributed by atoms with Gasteiger partial charge in [0.15, 0.2) is 0 Å². The third kappa shape index (κ3) is 2.32. The van der Waals surface area contributed by atoms with Crippen LogP contribution in [0.2, 0.25) is 0 Å². The van der Waals surface area contributed by atoms with Gasteiger partial charge in [-0.15, -0.1) is 0 Å². The zero-order valence-electron chi connectivity index (χ0n) is 7.91. The number of carbonyl (C=O) groups is 1. The van der Waals surface area contributed by atoms with Gasteiger partial charge >= 0.3 is 5.97 Å². The fraction of sp³-hybridized carbons (Fsp3) is 0.444. The van der Waals surface area contributed by atoms with Crippen LogP contribution in [0.5, 0.6) is 0 Å². The second-order valence-electron chi connectivity index (χ2n) is 2.68. The van der Waals surface area contributed by atoms with Crippen molar-refractivity contribution in [2.24, 2.45) is 0 Å². The molecule has 0 unspecified atom stereocenters. The fourth-order valence-electron chi connectivity index (χ4n) is 1.13. The summed E-state index contributed by atoms with van der Waals surface area (Å²) in [4.78, 5) is 11.2. The summed E-state index contributed by atoms with van der Waals surface area (Å²) in [6.45, 7) is 1.60. The van der Waals surface area contributed by atoms with Crippen LogP contribution < -0.4 is 5.32 Å². The van der Waals surface area contributed by atoms with Crippen molar-refractivity contribution in [2.75, 3.05) is 20.7 Å². The van der Waals surface area contributed by atoms with E-state index in [1.807, 2.05) is 23.9 Å². The Hall–Kier alpha value is -1.29. The molecule has 1 aromatic heterocycles. The molecule has 0 spiro atoms. The van der Waals surface area contributed by atoms with E-state index in [0.717, 1.165) is 13.1 Å². The normalized spacial score (nSPS) is 10.0. The standard InChI is InChI=1S/C9H14N2O2/c1-10-5-7-11-6-3-4-8(11)9(12)13-2/h3-4,6,10H,5,7H2,1-2H3. The second kappa shape index (κ2) is 4.67. The Balaban J connectivity index is 2.71. The van der Waals surface area contributed by atoms with E-state index in [1.165, 1.54) is 7.11 Å². The van der Waals surface area contributed by atoms with Crippen molar-refractivity contribution in [1.29, 1.82) is 0 Å². The molecule has 1 aromatic rings. The van der Waals surface area contributed by atoms with E-state index in [4.69, 9.17) is 0 Å². The number of aromatic nitrogens is 1. The highest BCUT2D eigenvalue weighted by atomic mass is 16.5. The van der Waals surface area contributed by atoms with Gasteiger partial charge in [0.05, 0.1) is 7.11 Å². The maximum Gasteiger partial charge on any atom is 0.354 e. The third-order valence-electron chi connectivity index (χ3n) is 1.83. The van der Waals surface area contributed by atoms with Crippen molar-refractivity contribution >= 4 is 5.97 Å². The van der Waals surface area contributed by atoms with Crippen LogP contribution in [0.25, 0.3) is 0 Å². The van der Waals surface area contributed by atoms with Gasteiger partial charge in [0.1, 0.15) is 5.69 Å². The quantitative estimate of drug-likeness (QED) is 0.689. The Morgan fingerprint density at radius 3 is 3.08 bits per heavy atom. The van der Waals surface area contributed by atoms with E-state index in [2.05, 4.69) is 10.1 Å². The summed E-state index contributed by atoms with van der Waals surface area (Å²) in [6.07, 6.45) is 1.86. The Morgan fingerprint density at radius 2 is 2.46 bits per heavy atom. The second-order valence-corrected chi connectivity index (χ2v) is 2.68. The molecule has 0 aliphatic rings. The van der Waals surface area contributed by atoms with Crippen molar-refractivity contribution in [2.45, 2.75) is 6.54 Å². The number of nitrogens with one attached hydrogen (secondary N) is 1. The smallest absolute Gasteiger partial charge is 0.354 e. The number of esters is 1. The van der Waals surface area contributed by atoms with Gasteiger partial charge in [0, 0.05) is 19.3 Å². The monoisotopic (exact) mass is 182 g/mol. The molecule has 0 atom stereocenters. The molecular weight excluding hydrogens is 168 g/mol. The van der Waals surface area contributed by atoms with Gasteiger partial charge < -0.3 is 14.6 Å². The predicted octanol–water partition coefficient (Wildman–Crippen LogP) is 0.494. The lowest BCUT2D eigenvalue weighted by molar-refractivity contribution is 0.0588. The van der Waals surface area contributed by atoms with Gasteiger partial charge in [0.2, 0.25) is 0 Å². The van der Waals surface area contributed by atoms with E-state index >= 15 is 0 Å². The number of rotatable bonds is 4. The number of ether oxygens (including phenoxy) is 1. The van der Waals surface area contributed by atoms with Crippen molar-refractivity contribution in [1.82, 2.24) is 9.88 Å². The summed E-state index contributed by atoms with van der Waals surface area (Å²) in [5.41, 5.74) is 0.595. The first-order valence-corrected chi connectivity index (χ1v) is 4.17. The molecule has 4 heteroatoms. The van der Waals surface area contributed by atoms with E-state index in [-0.39, 0.29) is 5.97 Å². The lowest BCUT2D eigenvalue weighted by atomic mass is 10.4. The van der Waals surface area contributed by atoms with Crippen LogP contribution in [-0.4, -0.2) is 31.2 Å². The SMILES string of the molecule is CNCCn1cccc1C(=O)OC. The Labute approximate surface area is 77.5 Å². The molecule has 0 bridgehead atoms. The number of hydrogen-bond acceptors (Lipinski definition) is 3. The summed E-state index contributed by atoms with van der Waals surface area (Å²) < 4.78 is 6.50. The summed E-state index contributed by atoms with van der Waals surface area (Å²) >= 11 is 0. The number of likely N-dealkylation sites (N-methyl/N-ethyl adjacent to an activating group) is 1. The van der Waals surface area contributed by atoms with Crippen LogP contribution in [0.15, 0.2) is 18.3 Å². The van der Waals surface area contributed by atoms with Crippen molar-refractivity contribution < 1.29 is 9.53 Å². The first kappa shape index (κ1) is 9.80. The van der Waals surface area contributed by atoms with Gasteiger partial charge in [-0.25, -0.2) is 4.79 Å². The maximum absolute atomic E-state index is 11.2. The molecule has 1 heterocycles. The molecule has 0 amide bonds. The van der Waals surface area contributed by atoms with Crippen LogP contribution in [0.1, 0.15) is 10.5 Å². The summed E-state index contributed by atoms with van der Waals surface area (Å²) in [5.74, 6) is -0.291. The van der Waals surface area contributed by atoms with Gasteiger partial charge in [0.25, 0.3) is 0 Å². The topological polar surface area (TPSA) is 43.3 Å². The van der Waals surface area contributed by atoms with Crippen LogP contribution in [0, 0.1) is 0 Å². The van der Waals surface area contributed by atoms with Gasteiger partial charge in [-0.3, -0.25) is 0 Å². The largest absolute Gasteiger partial charge is 0.464 e. The number of hydrogen-bond donors (Lipinski definition) is 1. The van der Waals surface area contributed by atoms with E-state index in [9.17, 15) is 4.79 Å². The van der Waals surface area contributed by atoms with Gasteiger partial charge in [-0.1, -0.05) is 0 Å². The Kier molecular flexibility index (Phi) is 3.52. The Bertz CT molecular complexity index is 281. The molecular formula is C9H14N2O2. The molecule has 0 fully saturated rings. The van der Waals surface area contributed by atoms with Crippen molar-refractivity contribution in [3.05, 3.63) is 24.0 Å². The lowest BCUT2D eigenvalue weighted by Gasteiger charge is -2.06. The number of nitrogens with zero attached hydrogens (tertiary/aromatic N) is 1. The molecule has 1 N–H and O–H groups in total. The molecule has 0 saturated heterocycles. The van der Waals surface area contributed by atoms with Crippen LogP contribution >= 0.6 is 0 Å². The van der Waals surface area contributed by atoms with E-state index in [0.29, 0.717) is 5.69 Å². The van der Waals surface area contributed by atoms with Crippen molar-refractivity contribution in [3.8, 4) is 0 Å². The summed E-state index contributed by atoms with van der Waals surface area (Å²) in [6, 6.07) is 3.59. The highest BCUT2D eigenvalue weighted by Gasteiger charge is 2.09. The van der Waals surface area contributed by atoms with Gasteiger partial charge in [-0.05, 0) is 19.2 Å². The molecule has 4 nitrogen and oxygen atoms in total. The molecule has 0 saturated carbocycles. The average molecular weight is 182 g/mol. The molecule has 72 valence electrons. The molecule has 13 heavy (non-hydrogen) atoms. The Morgan fingerprint density at radius 1 is 1.69 bits per heavy atom. The minimum atomic E-state index is -0.291.